The third kappa shape index (κ3) is 4.30. The molecule has 0 radical (unpaired) electrons. The molecule has 3 N–H and O–H groups in total. The van der Waals surface area contributed by atoms with E-state index < -0.39 is 10.0 Å². The number of carbonyl (C=O) groups is 1. The molecule has 0 aromatic heterocycles. The van der Waals surface area contributed by atoms with Crippen LogP contribution < -0.4 is 15.2 Å². The molecule has 6 nitrogen and oxygen atoms in total. The topological polar surface area (TPSA) is 98.5 Å². The quantitative estimate of drug-likeness (QED) is 0.530. The molecule has 1 aliphatic heterocycles. The maximum absolute atomic E-state index is 12.6. The number of rotatable bonds is 5. The molecule has 0 fully saturated rings. The van der Waals surface area contributed by atoms with E-state index in [2.05, 4.69) is 21.2 Å². The van der Waals surface area contributed by atoms with Gasteiger partial charge in [0.15, 0.2) is 0 Å². The molecule has 3 aromatic carbocycles. The summed E-state index contributed by atoms with van der Waals surface area (Å²) >= 11 is 3.45. The van der Waals surface area contributed by atoms with Crippen LogP contribution in [-0.2, 0) is 21.4 Å². The number of nitrogens with one attached hydrogen (secondary N) is 1. The highest BCUT2D eigenvalue weighted by Gasteiger charge is 2.26. The van der Waals surface area contributed by atoms with Crippen molar-refractivity contribution in [2.75, 3.05) is 5.32 Å². The Morgan fingerprint density at radius 3 is 2.53 bits per heavy atom. The molecule has 4 rings (SSSR count). The van der Waals surface area contributed by atoms with E-state index in [1.54, 1.807) is 6.08 Å². The number of fused-ring (bicyclic) bond motifs is 1. The maximum atomic E-state index is 12.6. The van der Waals surface area contributed by atoms with Crippen molar-refractivity contribution in [2.24, 2.45) is 5.14 Å². The lowest BCUT2D eigenvalue weighted by molar-refractivity contribution is -0.110. The summed E-state index contributed by atoms with van der Waals surface area (Å²) in [5, 5.41) is 7.99. The van der Waals surface area contributed by atoms with Crippen molar-refractivity contribution in [2.45, 2.75) is 11.5 Å². The average molecular weight is 485 g/mol. The van der Waals surface area contributed by atoms with Gasteiger partial charge in [-0.1, -0.05) is 46.3 Å². The van der Waals surface area contributed by atoms with Gasteiger partial charge in [-0.3, -0.25) is 4.79 Å². The number of primary sulfonamides is 1. The van der Waals surface area contributed by atoms with Crippen molar-refractivity contribution in [3.05, 3.63) is 87.9 Å². The molecule has 3 aromatic rings. The number of benzene rings is 3. The normalized spacial score (nSPS) is 14.5. The summed E-state index contributed by atoms with van der Waals surface area (Å²) < 4.78 is 30.2. The Bertz CT molecular complexity index is 1270. The van der Waals surface area contributed by atoms with Crippen LogP contribution in [0.15, 0.2) is 76.1 Å². The average Bonchev–Trinajstić information content (AvgIpc) is 3.02. The number of anilines is 1. The number of hydrogen-bond acceptors (Lipinski definition) is 4. The predicted octanol–water partition coefficient (Wildman–Crippen LogP) is 4.17. The first-order valence-corrected chi connectivity index (χ1v) is 11.3. The monoisotopic (exact) mass is 484 g/mol. The second-order valence-corrected chi connectivity index (χ2v) is 9.20. The Balaban J connectivity index is 1.73. The van der Waals surface area contributed by atoms with Gasteiger partial charge in [0.25, 0.3) is 5.91 Å². The summed E-state index contributed by atoms with van der Waals surface area (Å²) in [6.07, 6.45) is 1.68. The molecule has 0 atom stereocenters. The highest BCUT2D eigenvalue weighted by atomic mass is 79.9. The van der Waals surface area contributed by atoms with E-state index in [0.29, 0.717) is 34.7 Å². The Morgan fingerprint density at radius 1 is 1.03 bits per heavy atom. The van der Waals surface area contributed by atoms with Crippen molar-refractivity contribution in [1.29, 1.82) is 0 Å². The first kappa shape index (κ1) is 20.3. The van der Waals surface area contributed by atoms with E-state index in [4.69, 9.17) is 9.88 Å². The van der Waals surface area contributed by atoms with Crippen LogP contribution in [0, 0.1) is 0 Å². The van der Waals surface area contributed by atoms with Crippen LogP contribution in [0.2, 0.25) is 0 Å². The highest BCUT2D eigenvalue weighted by molar-refractivity contribution is 9.10. The molecule has 1 aliphatic rings. The van der Waals surface area contributed by atoms with Gasteiger partial charge in [-0.25, -0.2) is 13.6 Å². The van der Waals surface area contributed by atoms with Crippen LogP contribution in [-0.4, -0.2) is 14.3 Å². The second kappa shape index (κ2) is 8.06. The van der Waals surface area contributed by atoms with Crippen LogP contribution in [0.25, 0.3) is 11.6 Å². The standard InChI is InChI=1S/C22H17BrN2O4S/c23-16-6-9-21(29-13-14-4-2-1-3-5-14)15(10-16)11-19-18-12-17(30(24,27)28)7-8-20(18)25-22(19)26/h1-12H,13H2,(H,25,26)(H2,24,27,28). The zero-order valence-electron chi connectivity index (χ0n) is 15.6. The van der Waals surface area contributed by atoms with Crippen molar-refractivity contribution in [3.8, 4) is 5.75 Å². The first-order valence-electron chi connectivity index (χ1n) is 8.98. The van der Waals surface area contributed by atoms with Gasteiger partial charge in [-0.2, -0.15) is 0 Å². The maximum Gasteiger partial charge on any atom is 0.256 e. The first-order chi connectivity index (χ1) is 14.3. The van der Waals surface area contributed by atoms with E-state index >= 15 is 0 Å². The minimum absolute atomic E-state index is 0.0570. The largest absolute Gasteiger partial charge is 0.488 e. The van der Waals surface area contributed by atoms with Gasteiger partial charge < -0.3 is 10.1 Å². The Morgan fingerprint density at radius 2 is 1.80 bits per heavy atom. The van der Waals surface area contributed by atoms with E-state index in [-0.39, 0.29) is 10.8 Å². The van der Waals surface area contributed by atoms with Crippen LogP contribution in [0.5, 0.6) is 5.75 Å². The van der Waals surface area contributed by atoms with Gasteiger partial charge in [-0.15, -0.1) is 0 Å². The fourth-order valence-electron chi connectivity index (χ4n) is 3.14. The van der Waals surface area contributed by atoms with Crippen molar-refractivity contribution >= 4 is 49.2 Å². The molecule has 1 amide bonds. The number of nitrogens with two attached hydrogens (primary N) is 1. The number of amides is 1. The van der Waals surface area contributed by atoms with Crippen molar-refractivity contribution in [3.63, 3.8) is 0 Å². The Kier molecular flexibility index (Phi) is 5.46. The molecule has 0 bridgehead atoms. The molecule has 152 valence electrons. The lowest BCUT2D eigenvalue weighted by Crippen LogP contribution is -2.12. The smallest absolute Gasteiger partial charge is 0.256 e. The lowest BCUT2D eigenvalue weighted by atomic mass is 10.0. The van der Waals surface area contributed by atoms with Gasteiger partial charge in [-0.05, 0) is 48.0 Å². The number of carbonyl (C=O) groups excluding carboxylic acids is 1. The minimum atomic E-state index is -3.89. The van der Waals surface area contributed by atoms with E-state index in [1.165, 1.54) is 18.2 Å². The van der Waals surface area contributed by atoms with E-state index in [0.717, 1.165) is 10.0 Å². The molecule has 0 aliphatic carbocycles. The summed E-state index contributed by atoms with van der Waals surface area (Å²) in [6.45, 7) is 0.372. The molecule has 0 saturated heterocycles. The molecule has 1 heterocycles. The lowest BCUT2D eigenvalue weighted by Gasteiger charge is -2.11. The number of ether oxygens (including phenoxy) is 1. The van der Waals surface area contributed by atoms with E-state index in [9.17, 15) is 13.2 Å². The van der Waals surface area contributed by atoms with Gasteiger partial charge in [0.2, 0.25) is 10.0 Å². The molecule has 8 heteroatoms. The van der Waals surface area contributed by atoms with Crippen molar-refractivity contribution < 1.29 is 17.9 Å². The molecule has 0 spiro atoms. The number of hydrogen-bond donors (Lipinski definition) is 2. The predicted molar refractivity (Wildman–Crippen MR) is 119 cm³/mol. The van der Waals surface area contributed by atoms with Crippen LogP contribution in [0.4, 0.5) is 5.69 Å². The van der Waals surface area contributed by atoms with Crippen LogP contribution in [0.3, 0.4) is 0 Å². The summed E-state index contributed by atoms with van der Waals surface area (Å²) in [5.74, 6) is 0.268. The highest BCUT2D eigenvalue weighted by Crippen LogP contribution is 2.36. The summed E-state index contributed by atoms with van der Waals surface area (Å²) in [7, 11) is -3.89. The summed E-state index contributed by atoms with van der Waals surface area (Å²) in [4.78, 5) is 12.5. The van der Waals surface area contributed by atoms with Crippen LogP contribution in [0.1, 0.15) is 16.7 Å². The third-order valence-corrected chi connectivity index (χ3v) is 6.02. The fraction of sp³-hybridized carbons (Fsp3) is 0.0455. The molecule has 30 heavy (non-hydrogen) atoms. The number of halogens is 1. The SMILES string of the molecule is NS(=O)(=O)c1ccc2c(c1)C(=Cc1cc(Br)ccc1OCc1ccccc1)C(=O)N2. The number of sulfonamides is 1. The Labute approximate surface area is 182 Å². The van der Waals surface area contributed by atoms with Gasteiger partial charge >= 0.3 is 0 Å². The molecular weight excluding hydrogens is 468 g/mol. The zero-order valence-corrected chi connectivity index (χ0v) is 18.0. The van der Waals surface area contributed by atoms with Gasteiger partial charge in [0, 0.05) is 26.9 Å². The van der Waals surface area contributed by atoms with Crippen molar-refractivity contribution in [1.82, 2.24) is 0 Å². The Hall–Kier alpha value is -2.94. The molecular formula is C22H17BrN2O4S. The van der Waals surface area contributed by atoms with Gasteiger partial charge in [0.05, 0.1) is 4.90 Å². The summed E-state index contributed by atoms with van der Waals surface area (Å²) in [5.41, 5.74) is 3.03. The zero-order chi connectivity index (χ0) is 21.3. The van der Waals surface area contributed by atoms with Gasteiger partial charge in [0.1, 0.15) is 12.4 Å². The summed E-state index contributed by atoms with van der Waals surface area (Å²) in [6, 6.07) is 19.5. The van der Waals surface area contributed by atoms with E-state index in [1.807, 2.05) is 48.5 Å². The minimum Gasteiger partial charge on any atom is -0.488 e. The van der Waals surface area contributed by atoms with Crippen LogP contribution >= 0.6 is 15.9 Å². The third-order valence-electron chi connectivity index (χ3n) is 4.61. The fourth-order valence-corrected chi connectivity index (χ4v) is 4.06. The molecule has 0 unspecified atom stereocenters. The second-order valence-electron chi connectivity index (χ2n) is 6.72. The molecule has 0 saturated carbocycles.